The Balaban J connectivity index is 0.000000791. The summed E-state index contributed by atoms with van der Waals surface area (Å²) in [6.07, 6.45) is 4.06. The lowest BCUT2D eigenvalue weighted by molar-refractivity contribution is 0.107. The van der Waals surface area contributed by atoms with Crippen LogP contribution in [0.5, 0.6) is 11.8 Å². The van der Waals surface area contributed by atoms with Gasteiger partial charge in [-0.15, -0.1) is 0 Å². The lowest BCUT2D eigenvalue weighted by Gasteiger charge is -2.30. The summed E-state index contributed by atoms with van der Waals surface area (Å²) in [6.45, 7) is 10.9. The smallest absolute Gasteiger partial charge is 0.297 e. The quantitative estimate of drug-likeness (QED) is 0.424. The number of nitrogens with zero attached hydrogens (tertiary/aromatic N) is 2. The molecule has 7 nitrogen and oxygen atoms in total. The first-order valence-corrected chi connectivity index (χ1v) is 14.5. The van der Waals surface area contributed by atoms with Crippen LogP contribution in [-0.2, 0) is 0 Å². The number of aromatic amines is 1. The van der Waals surface area contributed by atoms with Crippen LogP contribution in [0.2, 0.25) is 6.82 Å². The monoisotopic (exact) mass is 598 g/mol. The van der Waals surface area contributed by atoms with Crippen LogP contribution in [0.1, 0.15) is 66.2 Å². The number of nitrogens with one attached hydrogen (secondary N) is 2. The Bertz CT molecular complexity index is 1090. The zero-order chi connectivity index (χ0) is 28.5. The van der Waals surface area contributed by atoms with E-state index >= 15 is 0 Å². The number of hydrogen-bond donors (Lipinski definition) is 2. The maximum atomic E-state index is 15.0. The predicted molar refractivity (Wildman–Crippen MR) is 154 cm³/mol. The van der Waals surface area contributed by atoms with Gasteiger partial charge < -0.3 is 14.8 Å². The van der Waals surface area contributed by atoms with E-state index in [1.807, 2.05) is 34.7 Å². The predicted octanol–water partition coefficient (Wildman–Crippen LogP) is 5.55. The zero-order valence-corrected chi connectivity index (χ0v) is 25.1. The van der Waals surface area contributed by atoms with E-state index in [-0.39, 0.29) is 51.4 Å². The van der Waals surface area contributed by atoms with Gasteiger partial charge in [-0.25, -0.2) is 8.78 Å². The molecule has 1 saturated carbocycles. The molecule has 1 aromatic heterocycles. The molecule has 5 rings (SSSR count). The summed E-state index contributed by atoms with van der Waals surface area (Å²) in [5.74, 6) is -0.359. The third-order valence-electron chi connectivity index (χ3n) is 7.16. The van der Waals surface area contributed by atoms with Crippen LogP contribution in [0.15, 0.2) is 15.3 Å². The van der Waals surface area contributed by atoms with Gasteiger partial charge in [-0.05, 0) is 67.7 Å². The van der Waals surface area contributed by atoms with E-state index < -0.39 is 17.5 Å². The van der Waals surface area contributed by atoms with Crippen LogP contribution >= 0.6 is 15.9 Å². The van der Waals surface area contributed by atoms with E-state index in [0.717, 1.165) is 38.6 Å². The van der Waals surface area contributed by atoms with Gasteiger partial charge in [0.1, 0.15) is 35.5 Å². The molecule has 2 aromatic rings. The van der Waals surface area contributed by atoms with Gasteiger partial charge in [0.2, 0.25) is 0 Å². The molecular weight excluding hydrogens is 557 g/mol. The van der Waals surface area contributed by atoms with E-state index in [1.54, 1.807) is 0 Å². The summed E-state index contributed by atoms with van der Waals surface area (Å²) >= 11 is 3.22. The molecule has 0 bridgehead atoms. The fourth-order valence-electron chi connectivity index (χ4n) is 5.58. The molecule has 3 heterocycles. The summed E-state index contributed by atoms with van der Waals surface area (Å²) in [6, 6.07) is 1.58. The fourth-order valence-corrected chi connectivity index (χ4v) is 5.97. The lowest BCUT2D eigenvalue weighted by atomic mass is 9.95. The van der Waals surface area contributed by atoms with E-state index in [1.165, 1.54) is 12.9 Å². The van der Waals surface area contributed by atoms with Gasteiger partial charge in [0.25, 0.3) is 11.6 Å². The van der Waals surface area contributed by atoms with Crippen molar-refractivity contribution in [2.75, 3.05) is 26.7 Å². The Labute approximate surface area is 235 Å². The van der Waals surface area contributed by atoms with Crippen molar-refractivity contribution in [3.63, 3.8) is 0 Å². The molecule has 11 heteroatoms. The Morgan fingerprint density at radius 2 is 1.97 bits per heavy atom. The first-order valence-electron chi connectivity index (χ1n) is 13.8. The maximum Gasteiger partial charge on any atom is 0.297 e. The molecule has 38 heavy (non-hydrogen) atoms. The minimum Gasteiger partial charge on any atom is -0.488 e. The Kier molecular flexibility index (Phi) is 13.0. The highest BCUT2D eigenvalue weighted by Gasteiger charge is 2.49. The number of ether oxygens (including phenoxy) is 2. The number of H-pyrrole nitrogens is 1. The topological polar surface area (TPSA) is 79.5 Å². The minimum atomic E-state index is -0.882. The third-order valence-corrected chi connectivity index (χ3v) is 7.74. The number of benzene rings is 1. The fraction of sp³-hybridized carbons (Fsp3) is 0.704. The van der Waals surface area contributed by atoms with Crippen molar-refractivity contribution in [2.24, 2.45) is 0 Å². The van der Waals surface area contributed by atoms with Gasteiger partial charge in [0, 0.05) is 19.0 Å². The van der Waals surface area contributed by atoms with Crippen LogP contribution in [0, 0.1) is 5.82 Å². The highest BCUT2D eigenvalue weighted by molar-refractivity contribution is 9.10. The van der Waals surface area contributed by atoms with Crippen molar-refractivity contribution in [3.05, 3.63) is 26.7 Å². The van der Waals surface area contributed by atoms with Gasteiger partial charge in [-0.2, -0.15) is 4.98 Å². The van der Waals surface area contributed by atoms with Crippen LogP contribution in [0.25, 0.3) is 10.9 Å². The number of rotatable bonds is 6. The third kappa shape index (κ3) is 6.88. The first-order chi connectivity index (χ1) is 18.4. The molecule has 1 unspecified atom stereocenters. The van der Waals surface area contributed by atoms with Gasteiger partial charge in [0.05, 0.1) is 17.9 Å². The lowest BCUT2D eigenvalue weighted by Crippen LogP contribution is -2.43. The number of alkyl halides is 1. The SMILES string of the molecule is CC.CC.CN[C@@H]1CCC[C@@H]1Oc1cc(Br)c(F)c2nc(OCC34CCCN3C[C@H](F)C4)[nH]c(=O)c12.[B]C. The van der Waals surface area contributed by atoms with Crippen LogP contribution in [0.4, 0.5) is 8.78 Å². The summed E-state index contributed by atoms with van der Waals surface area (Å²) in [4.78, 5) is 22.0. The number of hydrogen-bond acceptors (Lipinski definition) is 6. The molecule has 3 aliphatic rings. The summed E-state index contributed by atoms with van der Waals surface area (Å²) < 4.78 is 41.1. The first kappa shape index (κ1) is 32.5. The molecule has 2 aliphatic heterocycles. The largest absolute Gasteiger partial charge is 0.488 e. The molecule has 2 radical (unpaired) electrons. The molecule has 2 N–H and O–H groups in total. The Morgan fingerprint density at radius 3 is 2.66 bits per heavy atom. The van der Waals surface area contributed by atoms with Crippen molar-refractivity contribution >= 4 is 34.7 Å². The second-order valence-corrected chi connectivity index (χ2v) is 9.97. The Morgan fingerprint density at radius 1 is 1.26 bits per heavy atom. The maximum absolute atomic E-state index is 15.0. The summed E-state index contributed by atoms with van der Waals surface area (Å²) in [7, 11) is 6.38. The summed E-state index contributed by atoms with van der Waals surface area (Å²) in [5, 5.41) is 3.29. The molecule has 3 fully saturated rings. The number of halogens is 3. The van der Waals surface area contributed by atoms with Gasteiger partial charge in [-0.3, -0.25) is 14.7 Å². The normalized spacial score (nSPS) is 25.9. The van der Waals surface area contributed by atoms with Gasteiger partial charge >= 0.3 is 0 Å². The average Bonchev–Trinajstić information content (AvgIpc) is 3.63. The number of aromatic nitrogens is 2. The van der Waals surface area contributed by atoms with Crippen molar-refractivity contribution in [1.82, 2.24) is 20.2 Å². The van der Waals surface area contributed by atoms with Crippen molar-refractivity contribution in [1.29, 1.82) is 0 Å². The molecule has 212 valence electrons. The molecule has 2 saturated heterocycles. The molecule has 0 amide bonds. The van der Waals surface area contributed by atoms with E-state index in [9.17, 15) is 13.6 Å². The highest BCUT2D eigenvalue weighted by Crippen LogP contribution is 2.40. The molecule has 4 atom stereocenters. The average molecular weight is 599 g/mol. The second-order valence-electron chi connectivity index (χ2n) is 9.11. The summed E-state index contributed by atoms with van der Waals surface area (Å²) in [5.41, 5.74) is -1.02. The van der Waals surface area contributed by atoms with Crippen molar-refractivity contribution < 1.29 is 18.3 Å². The number of likely N-dealkylation sites (N-methyl/N-ethyl adjacent to an activating group) is 1. The molecule has 1 aromatic carbocycles. The minimum absolute atomic E-state index is 0.0603. The molecule has 1 aliphatic carbocycles. The van der Waals surface area contributed by atoms with Crippen LogP contribution in [0.3, 0.4) is 0 Å². The number of fused-ring (bicyclic) bond motifs is 2. The van der Waals surface area contributed by atoms with Crippen LogP contribution in [-0.4, -0.2) is 73.3 Å². The van der Waals surface area contributed by atoms with E-state index in [0.29, 0.717) is 13.0 Å². The zero-order valence-electron chi connectivity index (χ0n) is 23.5. The molecular formula is C27H42BBrF2N4O3. The van der Waals surface area contributed by atoms with E-state index in [2.05, 4.69) is 44.0 Å². The van der Waals surface area contributed by atoms with Crippen molar-refractivity contribution in [2.45, 2.75) is 96.9 Å². The second kappa shape index (κ2) is 15.2. The van der Waals surface area contributed by atoms with Crippen LogP contribution < -0.4 is 20.3 Å². The van der Waals surface area contributed by atoms with Gasteiger partial charge in [-0.1, -0.05) is 34.5 Å². The van der Waals surface area contributed by atoms with Gasteiger partial charge in [0.15, 0.2) is 5.82 Å². The standard InChI is InChI=1S/C22H27BrF2N4O3.2C2H6.CH3B/c1-26-14-4-2-5-15(14)32-16-8-13(23)18(25)19-17(16)20(30)28-21(27-19)31-11-22-6-3-7-29(22)10-12(24)9-22;3*1-2/h8,12,14-15,26H,2-7,9-11H2,1H3,(H,27,28,30);2*1-2H3;1H3/t12-,14-,15+,22?;;;/m1.../s1. The van der Waals surface area contributed by atoms with E-state index in [4.69, 9.17) is 9.47 Å². The highest BCUT2D eigenvalue weighted by atomic mass is 79.9. The Hall–Kier alpha value is -1.72. The molecule has 0 spiro atoms. The van der Waals surface area contributed by atoms with Crippen molar-refractivity contribution in [3.8, 4) is 11.8 Å².